The molecular weight excluding hydrogens is 280 g/mol. The van der Waals surface area contributed by atoms with Gasteiger partial charge in [-0.15, -0.1) is 0 Å². The third kappa shape index (κ3) is 2.53. The van der Waals surface area contributed by atoms with E-state index in [1.54, 1.807) is 0 Å². The van der Waals surface area contributed by atoms with Gasteiger partial charge in [-0.3, -0.25) is 4.79 Å². The van der Waals surface area contributed by atoms with Gasteiger partial charge in [-0.25, -0.2) is 0 Å². The number of carbonyl (C=O) groups is 1. The summed E-state index contributed by atoms with van der Waals surface area (Å²) in [6.45, 7) is 3.80. The van der Waals surface area contributed by atoms with Crippen LogP contribution in [0, 0.1) is 5.92 Å². The summed E-state index contributed by atoms with van der Waals surface area (Å²) < 4.78 is 1.15. The minimum atomic E-state index is -0.0799. The molecule has 3 nitrogen and oxygen atoms in total. The standard InChI is InChI=1S/C13H17BrN2O/c1-9(7-15)13(17)16-6-5-11-10(8-16)3-2-4-12(11)14/h2-4,9H,5-8,15H2,1H3. The number of hydrogen-bond acceptors (Lipinski definition) is 2. The summed E-state index contributed by atoms with van der Waals surface area (Å²) in [5, 5.41) is 0. The van der Waals surface area contributed by atoms with E-state index in [2.05, 4.69) is 28.1 Å². The zero-order valence-electron chi connectivity index (χ0n) is 9.95. The lowest BCUT2D eigenvalue weighted by molar-refractivity contribution is -0.135. The number of amides is 1. The van der Waals surface area contributed by atoms with Crippen LogP contribution in [0.1, 0.15) is 18.1 Å². The third-order valence-electron chi connectivity index (χ3n) is 3.30. The van der Waals surface area contributed by atoms with Gasteiger partial charge in [0.15, 0.2) is 0 Å². The molecule has 1 aliphatic heterocycles. The Hall–Kier alpha value is -0.870. The van der Waals surface area contributed by atoms with Crippen LogP contribution in [0.3, 0.4) is 0 Å². The predicted octanol–water partition coefficient (Wildman–Crippen LogP) is 1.93. The van der Waals surface area contributed by atoms with Gasteiger partial charge >= 0.3 is 0 Å². The number of benzene rings is 1. The van der Waals surface area contributed by atoms with Crippen molar-refractivity contribution in [2.75, 3.05) is 13.1 Å². The van der Waals surface area contributed by atoms with Crippen molar-refractivity contribution < 1.29 is 4.79 Å². The van der Waals surface area contributed by atoms with Crippen LogP contribution in [0.5, 0.6) is 0 Å². The second-order valence-corrected chi connectivity index (χ2v) is 5.38. The van der Waals surface area contributed by atoms with Crippen molar-refractivity contribution >= 4 is 21.8 Å². The maximum atomic E-state index is 12.1. The lowest BCUT2D eigenvalue weighted by atomic mass is 9.98. The average Bonchev–Trinajstić information content (AvgIpc) is 2.37. The monoisotopic (exact) mass is 296 g/mol. The van der Waals surface area contributed by atoms with Crippen molar-refractivity contribution in [2.24, 2.45) is 11.7 Å². The molecule has 2 N–H and O–H groups in total. The molecule has 0 bridgehead atoms. The molecule has 1 aromatic rings. The van der Waals surface area contributed by atoms with Gasteiger partial charge in [-0.05, 0) is 23.6 Å². The first-order valence-electron chi connectivity index (χ1n) is 5.88. The van der Waals surface area contributed by atoms with Crippen LogP contribution >= 0.6 is 15.9 Å². The van der Waals surface area contributed by atoms with Gasteiger partial charge in [0.2, 0.25) is 5.91 Å². The molecular formula is C13H17BrN2O. The first kappa shape index (κ1) is 12.6. The smallest absolute Gasteiger partial charge is 0.226 e. The number of carbonyl (C=O) groups excluding carboxylic acids is 1. The largest absolute Gasteiger partial charge is 0.338 e. The highest BCUT2D eigenvalue weighted by Gasteiger charge is 2.24. The third-order valence-corrected chi connectivity index (χ3v) is 4.04. The Balaban J connectivity index is 2.16. The van der Waals surface area contributed by atoms with E-state index in [0.717, 1.165) is 17.4 Å². The number of nitrogens with two attached hydrogens (primary N) is 1. The van der Waals surface area contributed by atoms with Crippen LogP contribution < -0.4 is 5.73 Å². The minimum Gasteiger partial charge on any atom is -0.338 e. The fraction of sp³-hybridized carbons (Fsp3) is 0.462. The van der Waals surface area contributed by atoms with Crippen LogP contribution in [0.2, 0.25) is 0 Å². The molecule has 0 radical (unpaired) electrons. The van der Waals surface area contributed by atoms with Crippen molar-refractivity contribution in [3.8, 4) is 0 Å². The lowest BCUT2D eigenvalue weighted by Crippen LogP contribution is -2.41. The van der Waals surface area contributed by atoms with E-state index < -0.39 is 0 Å². The fourth-order valence-corrected chi connectivity index (χ4v) is 2.77. The molecule has 1 aromatic carbocycles. The van der Waals surface area contributed by atoms with Crippen LogP contribution in [-0.2, 0) is 17.8 Å². The number of halogens is 1. The van der Waals surface area contributed by atoms with Crippen molar-refractivity contribution in [1.82, 2.24) is 4.90 Å². The van der Waals surface area contributed by atoms with Crippen molar-refractivity contribution in [3.63, 3.8) is 0 Å². The zero-order chi connectivity index (χ0) is 12.4. The van der Waals surface area contributed by atoms with E-state index in [9.17, 15) is 4.79 Å². The summed E-state index contributed by atoms with van der Waals surface area (Å²) in [5.41, 5.74) is 8.11. The minimum absolute atomic E-state index is 0.0799. The SMILES string of the molecule is CC(CN)C(=O)N1CCc2c(Br)cccc2C1. The highest BCUT2D eigenvalue weighted by Crippen LogP contribution is 2.26. The Labute approximate surface area is 110 Å². The Bertz CT molecular complexity index is 433. The highest BCUT2D eigenvalue weighted by molar-refractivity contribution is 9.10. The van der Waals surface area contributed by atoms with Crippen LogP contribution in [0.25, 0.3) is 0 Å². The Morgan fingerprint density at radius 2 is 2.35 bits per heavy atom. The van der Waals surface area contributed by atoms with E-state index in [4.69, 9.17) is 5.73 Å². The molecule has 0 fully saturated rings. The molecule has 1 aliphatic rings. The molecule has 1 atom stereocenters. The normalized spacial score (nSPS) is 16.5. The van der Waals surface area contributed by atoms with Crippen LogP contribution in [0.15, 0.2) is 22.7 Å². The first-order valence-corrected chi connectivity index (χ1v) is 6.68. The molecule has 1 heterocycles. The summed E-state index contributed by atoms with van der Waals surface area (Å²) in [4.78, 5) is 14.0. The van der Waals surface area contributed by atoms with Crippen molar-refractivity contribution in [3.05, 3.63) is 33.8 Å². The second kappa shape index (κ2) is 5.19. The molecule has 4 heteroatoms. The molecule has 0 aromatic heterocycles. The van der Waals surface area contributed by atoms with Crippen molar-refractivity contribution in [1.29, 1.82) is 0 Å². The molecule has 0 saturated carbocycles. The van der Waals surface area contributed by atoms with Crippen LogP contribution in [-0.4, -0.2) is 23.9 Å². The van der Waals surface area contributed by atoms with Gasteiger partial charge in [0.25, 0.3) is 0 Å². The molecule has 92 valence electrons. The Morgan fingerprint density at radius 3 is 3.06 bits per heavy atom. The summed E-state index contributed by atoms with van der Waals surface area (Å²) in [6.07, 6.45) is 0.916. The second-order valence-electron chi connectivity index (χ2n) is 4.52. The maximum absolute atomic E-state index is 12.1. The van der Waals surface area contributed by atoms with Crippen molar-refractivity contribution in [2.45, 2.75) is 19.9 Å². The number of rotatable bonds is 2. The van der Waals surface area contributed by atoms with E-state index in [1.807, 2.05) is 17.9 Å². The van der Waals surface area contributed by atoms with E-state index in [-0.39, 0.29) is 11.8 Å². The first-order chi connectivity index (χ1) is 8.13. The summed E-state index contributed by atoms with van der Waals surface area (Å²) in [7, 11) is 0. The molecule has 1 amide bonds. The van der Waals surface area contributed by atoms with E-state index in [0.29, 0.717) is 13.1 Å². The highest BCUT2D eigenvalue weighted by atomic mass is 79.9. The van der Waals surface area contributed by atoms with E-state index in [1.165, 1.54) is 11.1 Å². The Kier molecular flexibility index (Phi) is 3.84. The molecule has 1 unspecified atom stereocenters. The fourth-order valence-electron chi connectivity index (χ4n) is 2.16. The van der Waals surface area contributed by atoms with E-state index >= 15 is 0 Å². The van der Waals surface area contributed by atoms with Gasteiger partial charge in [-0.1, -0.05) is 35.0 Å². The van der Waals surface area contributed by atoms with Crippen LogP contribution in [0.4, 0.5) is 0 Å². The molecule has 0 spiro atoms. The summed E-state index contributed by atoms with van der Waals surface area (Å²) in [6, 6.07) is 6.16. The number of hydrogen-bond donors (Lipinski definition) is 1. The summed E-state index contributed by atoms with van der Waals surface area (Å²) >= 11 is 3.56. The topological polar surface area (TPSA) is 46.3 Å². The van der Waals surface area contributed by atoms with Gasteiger partial charge < -0.3 is 10.6 Å². The molecule has 2 rings (SSSR count). The molecule has 17 heavy (non-hydrogen) atoms. The average molecular weight is 297 g/mol. The quantitative estimate of drug-likeness (QED) is 0.906. The van der Waals surface area contributed by atoms with Gasteiger partial charge in [0.05, 0.1) is 0 Å². The van der Waals surface area contributed by atoms with Gasteiger partial charge in [-0.2, -0.15) is 0 Å². The lowest BCUT2D eigenvalue weighted by Gasteiger charge is -2.31. The maximum Gasteiger partial charge on any atom is 0.226 e. The summed E-state index contributed by atoms with van der Waals surface area (Å²) in [5.74, 6) is 0.0850. The predicted molar refractivity (Wildman–Crippen MR) is 71.5 cm³/mol. The van der Waals surface area contributed by atoms with Gasteiger partial charge in [0, 0.05) is 30.0 Å². The van der Waals surface area contributed by atoms with Gasteiger partial charge in [0.1, 0.15) is 0 Å². The Morgan fingerprint density at radius 1 is 1.59 bits per heavy atom. The molecule has 0 saturated heterocycles. The zero-order valence-corrected chi connectivity index (χ0v) is 11.5. The number of nitrogens with zero attached hydrogens (tertiary/aromatic N) is 1. The molecule has 0 aliphatic carbocycles. The number of fused-ring (bicyclic) bond motifs is 1.